The molecule has 0 bridgehead atoms. The van der Waals surface area contributed by atoms with Crippen molar-refractivity contribution in [1.82, 2.24) is 15.3 Å². The van der Waals surface area contributed by atoms with E-state index in [0.29, 0.717) is 28.2 Å². The molecule has 0 saturated carbocycles. The molecule has 3 aromatic rings. The van der Waals surface area contributed by atoms with E-state index in [1.54, 1.807) is 12.1 Å². The molecule has 0 radical (unpaired) electrons. The third kappa shape index (κ3) is 3.81. The van der Waals surface area contributed by atoms with Crippen molar-refractivity contribution in [2.45, 2.75) is 19.9 Å². The molecule has 148 valence electrons. The molecule has 29 heavy (non-hydrogen) atoms. The van der Waals surface area contributed by atoms with E-state index in [-0.39, 0.29) is 11.9 Å². The number of rotatable bonds is 3. The van der Waals surface area contributed by atoms with E-state index in [4.69, 9.17) is 16.6 Å². The molecule has 1 aromatic carbocycles. The quantitative estimate of drug-likeness (QED) is 0.321. The zero-order chi connectivity index (χ0) is 20.5. The van der Waals surface area contributed by atoms with Crippen LogP contribution >= 0.6 is 22.9 Å². The summed E-state index contributed by atoms with van der Waals surface area (Å²) in [4.78, 5) is 25.9. The van der Waals surface area contributed by atoms with Gasteiger partial charge in [0.2, 0.25) is 0 Å². The summed E-state index contributed by atoms with van der Waals surface area (Å²) in [6.07, 6.45) is 3.16. The molecular weight excluding hydrogens is 408 g/mol. The second kappa shape index (κ2) is 7.81. The number of anilines is 2. The molecule has 4 rings (SSSR count). The van der Waals surface area contributed by atoms with Crippen molar-refractivity contribution < 1.29 is 4.79 Å². The molecule has 1 aliphatic rings. The molecule has 0 fully saturated rings. The molecular formula is C20H19ClN6OS. The number of thiophene rings is 1. The van der Waals surface area contributed by atoms with Gasteiger partial charge in [0.1, 0.15) is 28.0 Å². The van der Waals surface area contributed by atoms with Gasteiger partial charge in [0.25, 0.3) is 5.91 Å². The first-order valence-electron chi connectivity index (χ1n) is 9.02. The van der Waals surface area contributed by atoms with Crippen molar-refractivity contribution in [2.24, 2.45) is 4.99 Å². The van der Waals surface area contributed by atoms with Crippen molar-refractivity contribution in [3.05, 3.63) is 46.7 Å². The van der Waals surface area contributed by atoms with Crippen molar-refractivity contribution in [2.75, 3.05) is 17.2 Å². The van der Waals surface area contributed by atoms with Crippen molar-refractivity contribution in [1.29, 1.82) is 0 Å². The fourth-order valence-electron chi connectivity index (χ4n) is 3.23. The maximum Gasteiger partial charge on any atom is 0.263 e. The number of nitrogens with zero attached hydrogens (tertiary/aromatic N) is 3. The highest BCUT2D eigenvalue weighted by Crippen LogP contribution is 2.42. The van der Waals surface area contributed by atoms with E-state index in [2.05, 4.69) is 32.5 Å². The van der Waals surface area contributed by atoms with Crippen LogP contribution in [0.1, 0.15) is 29.1 Å². The van der Waals surface area contributed by atoms with Crippen LogP contribution in [0.15, 0.2) is 36.1 Å². The van der Waals surface area contributed by atoms with Crippen LogP contribution in [0, 0.1) is 0 Å². The first kappa shape index (κ1) is 19.4. The summed E-state index contributed by atoms with van der Waals surface area (Å²) in [5.41, 5.74) is 2.46. The minimum Gasteiger partial charge on any atom is -0.381 e. The van der Waals surface area contributed by atoms with Gasteiger partial charge in [-0.3, -0.25) is 4.79 Å². The molecule has 0 aliphatic carbocycles. The topological polar surface area (TPSA) is 91.3 Å². The van der Waals surface area contributed by atoms with E-state index in [1.807, 2.05) is 26.0 Å². The smallest absolute Gasteiger partial charge is 0.263 e. The second-order valence-electron chi connectivity index (χ2n) is 6.69. The molecule has 0 spiro atoms. The normalized spacial score (nSPS) is 16.6. The number of aliphatic imine (C=N–C) groups is 1. The molecule has 1 amide bonds. The first-order valence-corrected chi connectivity index (χ1v) is 10.2. The van der Waals surface area contributed by atoms with Gasteiger partial charge >= 0.3 is 0 Å². The van der Waals surface area contributed by atoms with Gasteiger partial charge in [-0.1, -0.05) is 24.3 Å². The Hall–Kier alpha value is -2.97. The van der Waals surface area contributed by atoms with E-state index >= 15 is 0 Å². The number of amidine groups is 1. The highest BCUT2D eigenvalue weighted by molar-refractivity contribution is 7.21. The molecule has 1 atom stereocenters. The van der Waals surface area contributed by atoms with Crippen LogP contribution < -0.4 is 16.0 Å². The first-order chi connectivity index (χ1) is 14.0. The van der Waals surface area contributed by atoms with Crippen molar-refractivity contribution in [3.63, 3.8) is 0 Å². The predicted octanol–water partition coefficient (Wildman–Crippen LogP) is 4.69. The van der Waals surface area contributed by atoms with E-state index < -0.39 is 0 Å². The monoisotopic (exact) mass is 426 g/mol. The molecule has 3 N–H and O–H groups in total. The molecule has 0 unspecified atom stereocenters. The summed E-state index contributed by atoms with van der Waals surface area (Å²) in [6.45, 7) is 8.45. The number of aromatic nitrogens is 2. The summed E-state index contributed by atoms with van der Waals surface area (Å²) in [6, 6.07) is 5.58. The van der Waals surface area contributed by atoms with Gasteiger partial charge in [-0.25, -0.2) is 15.0 Å². The number of hydrogen-bond donors (Lipinski definition) is 3. The maximum atomic E-state index is 12.6. The van der Waals surface area contributed by atoms with Crippen LogP contribution in [0.3, 0.4) is 0 Å². The molecule has 0 saturated heterocycles. The number of halogens is 1. The molecule has 3 heterocycles. The number of benzene rings is 1. The highest BCUT2D eigenvalue weighted by atomic mass is 35.5. The lowest BCUT2D eigenvalue weighted by Crippen LogP contribution is -2.34. The Morgan fingerprint density at radius 2 is 2.28 bits per heavy atom. The summed E-state index contributed by atoms with van der Waals surface area (Å²) in [5.74, 6) is 1.14. The number of amides is 1. The lowest BCUT2D eigenvalue weighted by Gasteiger charge is -2.11. The maximum absolute atomic E-state index is 12.6. The summed E-state index contributed by atoms with van der Waals surface area (Å²) in [5, 5.41) is 10.8. The summed E-state index contributed by atoms with van der Waals surface area (Å²) in [7, 11) is 0. The predicted molar refractivity (Wildman–Crippen MR) is 121 cm³/mol. The van der Waals surface area contributed by atoms with E-state index in [0.717, 1.165) is 27.0 Å². The molecule has 1 aliphatic heterocycles. The molecule has 7 nitrogen and oxygen atoms in total. The van der Waals surface area contributed by atoms with Gasteiger partial charge < -0.3 is 16.0 Å². The number of carbonyl (C=O) groups is 1. The van der Waals surface area contributed by atoms with Gasteiger partial charge in [0.15, 0.2) is 0 Å². The van der Waals surface area contributed by atoms with Crippen LogP contribution in [-0.4, -0.2) is 34.3 Å². The summed E-state index contributed by atoms with van der Waals surface area (Å²) < 4.78 is 1.01. The van der Waals surface area contributed by atoms with Crippen LogP contribution in [-0.2, 0) is 0 Å². The Kier molecular flexibility index (Phi) is 5.21. The third-order valence-corrected chi connectivity index (χ3v) is 5.84. The average Bonchev–Trinajstić information content (AvgIpc) is 2.98. The van der Waals surface area contributed by atoms with Crippen LogP contribution in [0.25, 0.3) is 16.2 Å². The minimum absolute atomic E-state index is 0.0525. The van der Waals surface area contributed by atoms with Gasteiger partial charge in [0.05, 0.1) is 11.4 Å². The van der Waals surface area contributed by atoms with Crippen LogP contribution in [0.5, 0.6) is 0 Å². The largest absolute Gasteiger partial charge is 0.381 e. The fraction of sp³-hybridized carbons (Fsp3) is 0.200. The zero-order valence-electron chi connectivity index (χ0n) is 15.9. The highest BCUT2D eigenvalue weighted by Gasteiger charge is 2.25. The van der Waals surface area contributed by atoms with Gasteiger partial charge in [-0.2, -0.15) is 0 Å². The number of carbonyl (C=O) groups excluding carboxylic acids is 1. The average molecular weight is 427 g/mol. The Bertz CT molecular complexity index is 1160. The van der Waals surface area contributed by atoms with Gasteiger partial charge in [0, 0.05) is 34.3 Å². The molecule has 2 aromatic heterocycles. The number of fused-ring (bicyclic) bond motifs is 3. The number of hydrogen-bond acceptors (Lipinski definition) is 6. The number of nitrogens with one attached hydrogen (secondary N) is 3. The summed E-state index contributed by atoms with van der Waals surface area (Å²) >= 11 is 7.38. The minimum atomic E-state index is -0.0581. The zero-order valence-corrected chi connectivity index (χ0v) is 17.5. The van der Waals surface area contributed by atoms with E-state index in [1.165, 1.54) is 17.7 Å². The van der Waals surface area contributed by atoms with Crippen molar-refractivity contribution in [3.8, 4) is 0 Å². The Morgan fingerprint density at radius 3 is 3.03 bits per heavy atom. The third-order valence-electron chi connectivity index (χ3n) is 4.48. The SMILES string of the molecule is C=Cc1c(/N=C(\C)Nc2cc(Cl)ncn2)ccc2sc3c(c12)NC[C@@H](C)NC3=O. The second-order valence-corrected chi connectivity index (χ2v) is 8.12. The lowest BCUT2D eigenvalue weighted by molar-refractivity contribution is 0.0949. The Labute approximate surface area is 176 Å². The molecule has 9 heteroatoms. The van der Waals surface area contributed by atoms with Crippen molar-refractivity contribution >= 4 is 68.0 Å². The van der Waals surface area contributed by atoms with Crippen LogP contribution in [0.4, 0.5) is 17.2 Å². The fourth-order valence-corrected chi connectivity index (χ4v) is 4.48. The van der Waals surface area contributed by atoms with Gasteiger partial charge in [-0.05, 0) is 26.0 Å². The Morgan fingerprint density at radius 1 is 1.45 bits per heavy atom. The standard InChI is InChI=1S/C20H19ClN6OS/c1-4-12-13(26-11(3)27-16-7-15(21)23-9-24-16)5-6-14-17(12)18-19(29-14)20(28)25-10(2)8-22-18/h4-7,9-10,22H,1,8H2,2-3H3,(H,25,28)(H,23,24,26,27)/t10-/m1/s1. The lowest BCUT2D eigenvalue weighted by atomic mass is 10.1. The Balaban J connectivity index is 1.78. The van der Waals surface area contributed by atoms with Gasteiger partial charge in [-0.15, -0.1) is 11.3 Å². The van der Waals surface area contributed by atoms with Crippen LogP contribution in [0.2, 0.25) is 5.15 Å². The van der Waals surface area contributed by atoms with E-state index in [9.17, 15) is 4.79 Å².